The van der Waals surface area contributed by atoms with E-state index in [-0.39, 0.29) is 6.61 Å². The van der Waals surface area contributed by atoms with E-state index in [2.05, 4.69) is 55.1 Å². The van der Waals surface area contributed by atoms with E-state index in [0.717, 1.165) is 17.8 Å². The highest BCUT2D eigenvalue weighted by molar-refractivity contribution is 5.67. The minimum absolute atomic E-state index is 0.0688. The van der Waals surface area contributed by atoms with Crippen LogP contribution >= 0.6 is 0 Å². The number of benzene rings is 2. The van der Waals surface area contributed by atoms with Gasteiger partial charge < -0.3 is 10.0 Å². The first kappa shape index (κ1) is 13.6. The average Bonchev–Trinajstić information content (AvgIpc) is 2.41. The van der Waals surface area contributed by atoms with E-state index in [1.807, 2.05) is 13.0 Å². The lowest BCUT2D eigenvalue weighted by Gasteiger charge is -2.26. The second-order valence-electron chi connectivity index (χ2n) is 4.87. The minimum atomic E-state index is 0.0688. The highest BCUT2D eigenvalue weighted by Gasteiger charge is 2.11. The molecule has 0 spiro atoms. The van der Waals surface area contributed by atoms with Crippen LogP contribution in [0.3, 0.4) is 0 Å². The fourth-order valence-electron chi connectivity index (χ4n) is 2.39. The van der Waals surface area contributed by atoms with E-state index in [1.165, 1.54) is 16.8 Å². The molecule has 0 amide bonds. The lowest BCUT2D eigenvalue weighted by Crippen LogP contribution is -2.18. The molecule has 2 heteroatoms. The molecule has 0 aliphatic heterocycles. The molecule has 2 rings (SSSR count). The Morgan fingerprint density at radius 1 is 1.00 bits per heavy atom. The number of nitrogens with zero attached hydrogens (tertiary/aromatic N) is 1. The molecule has 0 atom stereocenters. The van der Waals surface area contributed by atoms with Crippen molar-refractivity contribution in [3.05, 3.63) is 59.2 Å². The van der Waals surface area contributed by atoms with E-state index < -0.39 is 0 Å². The number of anilines is 2. The summed E-state index contributed by atoms with van der Waals surface area (Å²) >= 11 is 0. The van der Waals surface area contributed by atoms with Gasteiger partial charge in [-0.3, -0.25) is 0 Å². The predicted molar refractivity (Wildman–Crippen MR) is 81.0 cm³/mol. The van der Waals surface area contributed by atoms with Crippen molar-refractivity contribution in [2.24, 2.45) is 0 Å². The Hall–Kier alpha value is -1.80. The van der Waals surface area contributed by atoms with Crippen molar-refractivity contribution in [1.82, 2.24) is 0 Å². The summed E-state index contributed by atoms with van der Waals surface area (Å²) in [6.45, 7) is 7.22. The van der Waals surface area contributed by atoms with E-state index in [0.29, 0.717) is 0 Å². The molecule has 0 aromatic heterocycles. The van der Waals surface area contributed by atoms with Crippen LogP contribution in [0.15, 0.2) is 42.5 Å². The van der Waals surface area contributed by atoms with Gasteiger partial charge in [-0.25, -0.2) is 0 Å². The van der Waals surface area contributed by atoms with Gasteiger partial charge in [0.2, 0.25) is 0 Å². The summed E-state index contributed by atoms with van der Waals surface area (Å²) in [7, 11) is 0. The van der Waals surface area contributed by atoms with Crippen LogP contribution in [0.4, 0.5) is 11.4 Å². The Balaban J connectivity index is 2.48. The summed E-state index contributed by atoms with van der Waals surface area (Å²) in [6.07, 6.45) is 0. The number of hydrogen-bond donors (Lipinski definition) is 1. The number of aliphatic hydroxyl groups excluding tert-OH is 1. The van der Waals surface area contributed by atoms with Crippen LogP contribution in [0, 0.1) is 13.8 Å². The van der Waals surface area contributed by atoms with E-state index in [4.69, 9.17) is 0 Å². The van der Waals surface area contributed by atoms with Crippen molar-refractivity contribution >= 4 is 11.4 Å². The van der Waals surface area contributed by atoms with Gasteiger partial charge in [-0.15, -0.1) is 0 Å². The normalized spacial score (nSPS) is 10.5. The maximum Gasteiger partial charge on any atom is 0.0702 e. The minimum Gasteiger partial charge on any atom is -0.392 e. The molecule has 0 unspecified atom stereocenters. The van der Waals surface area contributed by atoms with Crippen LogP contribution in [-0.4, -0.2) is 11.7 Å². The Kier molecular flexibility index (Phi) is 4.23. The zero-order valence-corrected chi connectivity index (χ0v) is 11.9. The second kappa shape index (κ2) is 5.89. The SMILES string of the molecule is CCN(c1cccc(C)c1)c1ccc(C)cc1CO. The summed E-state index contributed by atoms with van der Waals surface area (Å²) in [4.78, 5) is 2.23. The fourth-order valence-corrected chi connectivity index (χ4v) is 2.39. The molecule has 19 heavy (non-hydrogen) atoms. The number of aryl methyl sites for hydroxylation is 2. The third kappa shape index (κ3) is 2.96. The lowest BCUT2D eigenvalue weighted by molar-refractivity contribution is 0.282. The van der Waals surface area contributed by atoms with Crippen molar-refractivity contribution in [3.8, 4) is 0 Å². The number of rotatable bonds is 4. The molecular weight excluding hydrogens is 234 g/mol. The molecule has 0 heterocycles. The van der Waals surface area contributed by atoms with Gasteiger partial charge in [0.05, 0.1) is 6.61 Å². The molecule has 2 nitrogen and oxygen atoms in total. The van der Waals surface area contributed by atoms with Crippen molar-refractivity contribution < 1.29 is 5.11 Å². The highest BCUT2D eigenvalue weighted by atomic mass is 16.3. The number of hydrogen-bond acceptors (Lipinski definition) is 2. The Bertz CT molecular complexity index is 563. The van der Waals surface area contributed by atoms with Crippen molar-refractivity contribution in [2.45, 2.75) is 27.4 Å². The molecule has 0 saturated heterocycles. The second-order valence-corrected chi connectivity index (χ2v) is 4.87. The molecule has 0 aliphatic carbocycles. The highest BCUT2D eigenvalue weighted by Crippen LogP contribution is 2.29. The van der Waals surface area contributed by atoms with Gasteiger partial charge in [0.1, 0.15) is 0 Å². The van der Waals surface area contributed by atoms with Crippen molar-refractivity contribution in [2.75, 3.05) is 11.4 Å². The van der Waals surface area contributed by atoms with Crippen molar-refractivity contribution in [1.29, 1.82) is 0 Å². The summed E-state index contributed by atoms with van der Waals surface area (Å²) in [6, 6.07) is 14.7. The summed E-state index contributed by atoms with van der Waals surface area (Å²) in [5.74, 6) is 0. The van der Waals surface area contributed by atoms with Crippen LogP contribution in [0.25, 0.3) is 0 Å². The molecular formula is C17H21NO. The Morgan fingerprint density at radius 2 is 1.74 bits per heavy atom. The van der Waals surface area contributed by atoms with Crippen LogP contribution in [-0.2, 0) is 6.61 Å². The zero-order chi connectivity index (χ0) is 13.8. The van der Waals surface area contributed by atoms with E-state index in [9.17, 15) is 5.11 Å². The monoisotopic (exact) mass is 255 g/mol. The summed E-state index contributed by atoms with van der Waals surface area (Å²) in [5, 5.41) is 9.56. The van der Waals surface area contributed by atoms with Gasteiger partial charge >= 0.3 is 0 Å². The van der Waals surface area contributed by atoms with Crippen LogP contribution in [0.1, 0.15) is 23.6 Å². The first-order valence-electron chi connectivity index (χ1n) is 6.70. The zero-order valence-electron chi connectivity index (χ0n) is 11.9. The molecule has 0 bridgehead atoms. The van der Waals surface area contributed by atoms with Gasteiger partial charge in [0.25, 0.3) is 0 Å². The van der Waals surface area contributed by atoms with Crippen molar-refractivity contribution in [3.63, 3.8) is 0 Å². The third-order valence-corrected chi connectivity index (χ3v) is 3.33. The third-order valence-electron chi connectivity index (χ3n) is 3.33. The topological polar surface area (TPSA) is 23.5 Å². The largest absolute Gasteiger partial charge is 0.392 e. The number of aliphatic hydroxyl groups is 1. The van der Waals surface area contributed by atoms with Crippen LogP contribution in [0.2, 0.25) is 0 Å². The summed E-state index contributed by atoms with van der Waals surface area (Å²) < 4.78 is 0. The first-order chi connectivity index (χ1) is 9.15. The standard InChI is InChI=1S/C17H21NO/c1-4-18(16-7-5-6-13(2)11-16)17-9-8-14(3)10-15(17)12-19/h5-11,19H,4,12H2,1-3H3. The quantitative estimate of drug-likeness (QED) is 0.894. The molecule has 0 radical (unpaired) electrons. The maximum absolute atomic E-state index is 9.56. The molecule has 1 N–H and O–H groups in total. The van der Waals surface area contributed by atoms with Crippen LogP contribution in [0.5, 0.6) is 0 Å². The fraction of sp³-hybridized carbons (Fsp3) is 0.294. The van der Waals surface area contributed by atoms with Gasteiger partial charge in [0, 0.05) is 23.5 Å². The van der Waals surface area contributed by atoms with E-state index >= 15 is 0 Å². The predicted octanol–water partition coefficient (Wildman–Crippen LogP) is 3.95. The lowest BCUT2D eigenvalue weighted by atomic mass is 10.1. The van der Waals surface area contributed by atoms with Gasteiger partial charge in [-0.05, 0) is 44.5 Å². The molecule has 100 valence electrons. The van der Waals surface area contributed by atoms with E-state index in [1.54, 1.807) is 0 Å². The molecule has 0 saturated carbocycles. The smallest absolute Gasteiger partial charge is 0.0702 e. The molecule has 0 aliphatic rings. The summed E-state index contributed by atoms with van der Waals surface area (Å²) in [5.41, 5.74) is 5.65. The maximum atomic E-state index is 9.56. The first-order valence-corrected chi connectivity index (χ1v) is 6.70. The Labute approximate surface area is 115 Å². The van der Waals surface area contributed by atoms with Gasteiger partial charge in [0.15, 0.2) is 0 Å². The average molecular weight is 255 g/mol. The van der Waals surface area contributed by atoms with Crippen LogP contribution < -0.4 is 4.90 Å². The Morgan fingerprint density at radius 3 is 2.37 bits per heavy atom. The van der Waals surface area contributed by atoms with Gasteiger partial charge in [-0.2, -0.15) is 0 Å². The molecule has 2 aromatic carbocycles. The molecule has 2 aromatic rings. The molecule has 0 fully saturated rings. The van der Waals surface area contributed by atoms with Gasteiger partial charge in [-0.1, -0.05) is 29.8 Å².